The number of halogens is 2. The first-order chi connectivity index (χ1) is 19.9. The maximum Gasteiger partial charge on any atom is 0.228 e. The van der Waals surface area contributed by atoms with Crippen molar-refractivity contribution in [3.63, 3.8) is 0 Å². The van der Waals surface area contributed by atoms with E-state index < -0.39 is 0 Å². The fraction of sp³-hybridized carbons (Fsp3) is 0.472. The number of fused-ring (bicyclic) bond motifs is 1. The maximum absolute atomic E-state index is 13.5. The standard InChI is InChI=1S/C36H44F2N2O/c1-25(2)35(28-9-5-3-6-10-28)36(41)39-34-21-16-29-23-40(24-33(29)34)22-8-4-7-11-32(26-12-17-30(37)18-13-26)27-14-19-31(38)20-15-27/h3,5-6,9-10,12-15,17-20,25,29,32-35H,4,7-8,11,16,21-24H2,1-2H3,(H,39,41)/t29-,33+,34+,35?/m1/s1. The van der Waals surface area contributed by atoms with E-state index in [2.05, 4.69) is 36.2 Å². The van der Waals surface area contributed by atoms with Gasteiger partial charge >= 0.3 is 0 Å². The molecule has 4 atom stereocenters. The third-order valence-corrected chi connectivity index (χ3v) is 9.38. The van der Waals surface area contributed by atoms with Crippen LogP contribution in [0.25, 0.3) is 0 Å². The van der Waals surface area contributed by atoms with E-state index in [-0.39, 0.29) is 41.3 Å². The predicted octanol–water partition coefficient (Wildman–Crippen LogP) is 7.92. The molecule has 3 aromatic carbocycles. The van der Waals surface area contributed by atoms with Crippen molar-refractivity contribution in [3.8, 4) is 0 Å². The predicted molar refractivity (Wildman–Crippen MR) is 162 cm³/mol. The van der Waals surface area contributed by atoms with Crippen LogP contribution in [0.4, 0.5) is 8.78 Å². The molecule has 1 saturated carbocycles. The lowest BCUT2D eigenvalue weighted by molar-refractivity contribution is -0.124. The Morgan fingerprint density at radius 3 is 2.05 bits per heavy atom. The van der Waals surface area contributed by atoms with Crippen LogP contribution in [0, 0.1) is 29.4 Å². The molecule has 0 radical (unpaired) electrons. The van der Waals surface area contributed by atoms with E-state index >= 15 is 0 Å². The summed E-state index contributed by atoms with van der Waals surface area (Å²) in [5.74, 6) is 1.20. The third kappa shape index (κ3) is 7.43. The Bertz CT molecular complexity index is 1200. The van der Waals surface area contributed by atoms with Crippen LogP contribution in [0.1, 0.15) is 80.9 Å². The van der Waals surface area contributed by atoms with Crippen molar-refractivity contribution in [3.05, 3.63) is 107 Å². The van der Waals surface area contributed by atoms with Crippen LogP contribution in [-0.2, 0) is 4.79 Å². The maximum atomic E-state index is 13.5. The van der Waals surface area contributed by atoms with Crippen LogP contribution in [0.3, 0.4) is 0 Å². The number of amides is 1. The van der Waals surface area contributed by atoms with Crippen molar-refractivity contribution >= 4 is 5.91 Å². The molecule has 1 N–H and O–H groups in total. The SMILES string of the molecule is CC(C)C(C(=O)N[C@H]1CC[C@@H]2CN(CCCCCC(c3ccc(F)cc3)c3ccc(F)cc3)C[C@@H]21)c1ccccc1. The van der Waals surface area contributed by atoms with E-state index in [0.717, 1.165) is 68.4 Å². The number of nitrogens with zero attached hydrogens (tertiary/aromatic N) is 1. The number of unbranched alkanes of at least 4 members (excludes halogenated alkanes) is 2. The van der Waals surface area contributed by atoms with Crippen LogP contribution in [0.2, 0.25) is 0 Å². The Balaban J connectivity index is 1.09. The molecule has 2 aliphatic rings. The van der Waals surface area contributed by atoms with E-state index in [1.165, 1.54) is 30.7 Å². The molecule has 5 rings (SSSR count). The summed E-state index contributed by atoms with van der Waals surface area (Å²) in [6.45, 7) is 7.56. The third-order valence-electron chi connectivity index (χ3n) is 9.38. The summed E-state index contributed by atoms with van der Waals surface area (Å²) in [6, 6.07) is 23.9. The van der Waals surface area contributed by atoms with Gasteiger partial charge in [0.05, 0.1) is 5.92 Å². The van der Waals surface area contributed by atoms with Gasteiger partial charge < -0.3 is 10.2 Å². The van der Waals surface area contributed by atoms with E-state index in [1.807, 2.05) is 42.5 Å². The van der Waals surface area contributed by atoms with Gasteiger partial charge in [-0.3, -0.25) is 4.79 Å². The average Bonchev–Trinajstić information content (AvgIpc) is 3.54. The van der Waals surface area contributed by atoms with Crippen molar-refractivity contribution in [1.29, 1.82) is 0 Å². The van der Waals surface area contributed by atoms with Crippen LogP contribution < -0.4 is 5.32 Å². The molecule has 3 nitrogen and oxygen atoms in total. The molecule has 218 valence electrons. The zero-order valence-corrected chi connectivity index (χ0v) is 24.4. The minimum atomic E-state index is -0.236. The molecule has 3 aromatic rings. The Hall–Kier alpha value is -3.05. The first kappa shape index (κ1) is 29.4. The summed E-state index contributed by atoms with van der Waals surface area (Å²) in [6.07, 6.45) is 6.56. The second kappa shape index (κ2) is 13.7. The number of rotatable bonds is 12. The summed E-state index contributed by atoms with van der Waals surface area (Å²) in [7, 11) is 0. The lowest BCUT2D eigenvalue weighted by atomic mass is 9.87. The normalized spacial score (nSPS) is 21.4. The highest BCUT2D eigenvalue weighted by atomic mass is 19.1. The number of hydrogen-bond donors (Lipinski definition) is 1. The molecular formula is C36H44F2N2O. The van der Waals surface area contributed by atoms with Gasteiger partial charge in [0.15, 0.2) is 0 Å². The fourth-order valence-electron chi connectivity index (χ4n) is 7.27. The number of carbonyl (C=O) groups is 1. The molecule has 41 heavy (non-hydrogen) atoms. The molecule has 2 fully saturated rings. The van der Waals surface area contributed by atoms with Crippen molar-refractivity contribution in [1.82, 2.24) is 10.2 Å². The van der Waals surface area contributed by atoms with Crippen molar-refractivity contribution in [2.24, 2.45) is 17.8 Å². The molecule has 1 amide bonds. The van der Waals surface area contributed by atoms with Crippen molar-refractivity contribution in [2.45, 2.75) is 70.3 Å². The van der Waals surface area contributed by atoms with Gasteiger partial charge in [-0.05, 0) is 90.9 Å². The number of likely N-dealkylation sites (tertiary alicyclic amines) is 1. The van der Waals surface area contributed by atoms with Gasteiger partial charge in [-0.2, -0.15) is 0 Å². The molecule has 1 aliphatic carbocycles. The zero-order chi connectivity index (χ0) is 28.8. The number of hydrogen-bond acceptors (Lipinski definition) is 2. The van der Waals surface area contributed by atoms with E-state index in [9.17, 15) is 13.6 Å². The largest absolute Gasteiger partial charge is 0.352 e. The van der Waals surface area contributed by atoms with Gasteiger partial charge in [-0.1, -0.05) is 81.3 Å². The molecule has 0 spiro atoms. The minimum absolute atomic E-state index is 0.110. The zero-order valence-electron chi connectivity index (χ0n) is 24.4. The van der Waals surface area contributed by atoms with Crippen LogP contribution in [0.5, 0.6) is 0 Å². The summed E-state index contributed by atoms with van der Waals surface area (Å²) >= 11 is 0. The molecule has 1 unspecified atom stereocenters. The first-order valence-electron chi connectivity index (χ1n) is 15.5. The number of carbonyl (C=O) groups excluding carboxylic acids is 1. The quantitative estimate of drug-likeness (QED) is 0.229. The summed E-state index contributed by atoms with van der Waals surface area (Å²) < 4.78 is 27.1. The molecule has 1 heterocycles. The first-order valence-corrected chi connectivity index (χ1v) is 15.5. The fourth-order valence-corrected chi connectivity index (χ4v) is 7.27. The topological polar surface area (TPSA) is 32.3 Å². The molecule has 1 aliphatic heterocycles. The van der Waals surface area contributed by atoms with Gasteiger partial charge in [0.2, 0.25) is 5.91 Å². The van der Waals surface area contributed by atoms with Crippen LogP contribution in [0.15, 0.2) is 78.9 Å². The molecule has 5 heteroatoms. The summed E-state index contributed by atoms with van der Waals surface area (Å²) in [4.78, 5) is 16.0. The second-order valence-corrected chi connectivity index (χ2v) is 12.5. The highest BCUT2D eigenvalue weighted by Crippen LogP contribution is 2.39. The van der Waals surface area contributed by atoms with Gasteiger partial charge in [-0.25, -0.2) is 8.78 Å². The molecule has 1 saturated heterocycles. The van der Waals surface area contributed by atoms with Gasteiger partial charge in [0.25, 0.3) is 0 Å². The Morgan fingerprint density at radius 1 is 0.805 bits per heavy atom. The van der Waals surface area contributed by atoms with Crippen molar-refractivity contribution in [2.75, 3.05) is 19.6 Å². The smallest absolute Gasteiger partial charge is 0.228 e. The molecule has 0 bridgehead atoms. The number of nitrogens with one attached hydrogen (secondary N) is 1. The Morgan fingerprint density at radius 2 is 1.44 bits per heavy atom. The van der Waals surface area contributed by atoms with E-state index in [4.69, 9.17) is 0 Å². The summed E-state index contributed by atoms with van der Waals surface area (Å²) in [5.41, 5.74) is 3.25. The van der Waals surface area contributed by atoms with E-state index in [1.54, 1.807) is 0 Å². The monoisotopic (exact) mass is 558 g/mol. The molecule has 0 aromatic heterocycles. The lowest BCUT2D eigenvalue weighted by Gasteiger charge is -2.26. The minimum Gasteiger partial charge on any atom is -0.352 e. The lowest BCUT2D eigenvalue weighted by Crippen LogP contribution is -2.43. The highest BCUT2D eigenvalue weighted by Gasteiger charge is 2.43. The van der Waals surface area contributed by atoms with Crippen LogP contribution in [-0.4, -0.2) is 36.5 Å². The van der Waals surface area contributed by atoms with Crippen molar-refractivity contribution < 1.29 is 13.6 Å². The average molecular weight is 559 g/mol. The van der Waals surface area contributed by atoms with Gasteiger partial charge in [-0.15, -0.1) is 0 Å². The summed E-state index contributed by atoms with van der Waals surface area (Å²) in [5, 5.41) is 3.47. The van der Waals surface area contributed by atoms with Gasteiger partial charge in [0, 0.05) is 25.0 Å². The Labute approximate surface area is 244 Å². The number of benzene rings is 3. The van der Waals surface area contributed by atoms with E-state index in [0.29, 0.717) is 11.8 Å². The Kier molecular flexibility index (Phi) is 9.87. The second-order valence-electron chi connectivity index (χ2n) is 12.5. The van der Waals surface area contributed by atoms with Gasteiger partial charge in [0.1, 0.15) is 11.6 Å². The molecular weight excluding hydrogens is 514 g/mol. The highest BCUT2D eigenvalue weighted by molar-refractivity contribution is 5.84. The van der Waals surface area contributed by atoms with Crippen LogP contribution >= 0.6 is 0 Å².